The van der Waals surface area contributed by atoms with Crippen LogP contribution in [0.5, 0.6) is 0 Å². The third-order valence-corrected chi connectivity index (χ3v) is 4.95. The topological polar surface area (TPSA) is 18.5 Å². The zero-order valence-corrected chi connectivity index (χ0v) is 12.8. The number of aryl methyl sites for hydroxylation is 1. The molecule has 0 spiro atoms. The molecule has 3 rings (SSSR count). The van der Waals surface area contributed by atoms with Crippen LogP contribution >= 0.6 is 0 Å². The van der Waals surface area contributed by atoms with Crippen LogP contribution in [0.1, 0.15) is 18.4 Å². The van der Waals surface area contributed by atoms with E-state index in [2.05, 4.69) is 53.5 Å². The van der Waals surface area contributed by atoms with Gasteiger partial charge in [-0.2, -0.15) is 0 Å². The summed E-state index contributed by atoms with van der Waals surface area (Å²) in [5, 5.41) is 3.64. The Morgan fingerprint density at radius 2 is 2.15 bits per heavy atom. The Hall–Kier alpha value is -1.06. The van der Waals surface area contributed by atoms with Gasteiger partial charge in [0, 0.05) is 31.4 Å². The molecule has 20 heavy (non-hydrogen) atoms. The van der Waals surface area contributed by atoms with Gasteiger partial charge in [-0.15, -0.1) is 0 Å². The van der Waals surface area contributed by atoms with Gasteiger partial charge in [0.05, 0.1) is 0 Å². The SMILES string of the molecule is CN1CCC(CN(C)C2CCc3ccccc3NC2)C1. The molecule has 1 fully saturated rings. The lowest BCUT2D eigenvalue weighted by atomic mass is 10.0. The molecular formula is C17H27N3. The molecular weight excluding hydrogens is 246 g/mol. The Balaban J connectivity index is 1.56. The van der Waals surface area contributed by atoms with Gasteiger partial charge in [0.15, 0.2) is 0 Å². The van der Waals surface area contributed by atoms with Gasteiger partial charge in [0.1, 0.15) is 0 Å². The van der Waals surface area contributed by atoms with Crippen LogP contribution in [-0.4, -0.2) is 56.1 Å². The summed E-state index contributed by atoms with van der Waals surface area (Å²) in [5.41, 5.74) is 2.81. The van der Waals surface area contributed by atoms with E-state index < -0.39 is 0 Å². The molecule has 2 atom stereocenters. The van der Waals surface area contributed by atoms with E-state index in [1.54, 1.807) is 0 Å². The first-order valence-electron chi connectivity index (χ1n) is 7.93. The second-order valence-corrected chi connectivity index (χ2v) is 6.59. The smallest absolute Gasteiger partial charge is 0.0373 e. The first-order chi connectivity index (χ1) is 9.72. The Bertz CT molecular complexity index is 419. The van der Waals surface area contributed by atoms with Gasteiger partial charge < -0.3 is 15.1 Å². The molecule has 2 heterocycles. The van der Waals surface area contributed by atoms with Crippen molar-refractivity contribution in [2.75, 3.05) is 45.6 Å². The van der Waals surface area contributed by atoms with Crippen molar-refractivity contribution in [3.63, 3.8) is 0 Å². The number of fused-ring (bicyclic) bond motifs is 1. The average Bonchev–Trinajstić information content (AvgIpc) is 2.74. The zero-order valence-electron chi connectivity index (χ0n) is 12.8. The van der Waals surface area contributed by atoms with Crippen molar-refractivity contribution in [3.8, 4) is 0 Å². The number of nitrogens with zero attached hydrogens (tertiary/aromatic N) is 2. The van der Waals surface area contributed by atoms with Crippen molar-refractivity contribution >= 4 is 5.69 Å². The van der Waals surface area contributed by atoms with E-state index in [4.69, 9.17) is 0 Å². The molecule has 0 bridgehead atoms. The van der Waals surface area contributed by atoms with Crippen molar-refractivity contribution in [1.29, 1.82) is 0 Å². The quantitative estimate of drug-likeness (QED) is 0.911. The summed E-state index contributed by atoms with van der Waals surface area (Å²) in [6.45, 7) is 4.86. The van der Waals surface area contributed by atoms with Gasteiger partial charge in [-0.25, -0.2) is 0 Å². The molecule has 1 saturated heterocycles. The fourth-order valence-corrected chi connectivity index (χ4v) is 3.67. The Kier molecular flexibility index (Phi) is 4.27. The van der Waals surface area contributed by atoms with Gasteiger partial charge in [-0.05, 0) is 57.5 Å². The Morgan fingerprint density at radius 3 is 2.95 bits per heavy atom. The maximum atomic E-state index is 3.64. The molecule has 3 heteroatoms. The third kappa shape index (κ3) is 3.15. The molecule has 2 unspecified atom stereocenters. The summed E-state index contributed by atoms with van der Waals surface area (Å²) < 4.78 is 0. The molecule has 3 nitrogen and oxygen atoms in total. The van der Waals surface area contributed by atoms with E-state index >= 15 is 0 Å². The first kappa shape index (κ1) is 13.9. The first-order valence-corrected chi connectivity index (χ1v) is 7.93. The summed E-state index contributed by atoms with van der Waals surface area (Å²) in [6.07, 6.45) is 3.83. The molecule has 0 aromatic heterocycles. The van der Waals surface area contributed by atoms with E-state index in [9.17, 15) is 0 Å². The zero-order chi connectivity index (χ0) is 13.9. The maximum Gasteiger partial charge on any atom is 0.0373 e. The Morgan fingerprint density at radius 1 is 1.30 bits per heavy atom. The molecule has 2 aliphatic heterocycles. The van der Waals surface area contributed by atoms with E-state index in [1.807, 2.05) is 0 Å². The largest absolute Gasteiger partial charge is 0.383 e. The monoisotopic (exact) mass is 273 g/mol. The van der Waals surface area contributed by atoms with Crippen LogP contribution in [-0.2, 0) is 6.42 Å². The van der Waals surface area contributed by atoms with Crippen molar-refractivity contribution in [3.05, 3.63) is 29.8 Å². The number of anilines is 1. The molecule has 0 radical (unpaired) electrons. The van der Waals surface area contributed by atoms with Crippen molar-refractivity contribution in [1.82, 2.24) is 9.80 Å². The van der Waals surface area contributed by atoms with Crippen LogP contribution in [0.15, 0.2) is 24.3 Å². The van der Waals surface area contributed by atoms with Crippen LogP contribution in [0.2, 0.25) is 0 Å². The lowest BCUT2D eigenvalue weighted by molar-refractivity contribution is 0.206. The number of likely N-dealkylation sites (tertiary alicyclic amines) is 1. The van der Waals surface area contributed by atoms with Crippen molar-refractivity contribution in [2.45, 2.75) is 25.3 Å². The van der Waals surface area contributed by atoms with Gasteiger partial charge >= 0.3 is 0 Å². The predicted octanol–water partition coefficient (Wildman–Crippen LogP) is 2.30. The number of nitrogens with one attached hydrogen (secondary N) is 1. The summed E-state index contributed by atoms with van der Waals surface area (Å²) >= 11 is 0. The fraction of sp³-hybridized carbons (Fsp3) is 0.647. The van der Waals surface area contributed by atoms with Crippen LogP contribution in [0, 0.1) is 5.92 Å². The molecule has 2 aliphatic rings. The lowest BCUT2D eigenvalue weighted by Gasteiger charge is -2.29. The van der Waals surface area contributed by atoms with Gasteiger partial charge in [0.2, 0.25) is 0 Å². The number of likely N-dealkylation sites (N-methyl/N-ethyl adjacent to an activating group) is 1. The highest BCUT2D eigenvalue weighted by atomic mass is 15.2. The summed E-state index contributed by atoms with van der Waals surface area (Å²) in [6, 6.07) is 9.41. The highest BCUT2D eigenvalue weighted by Crippen LogP contribution is 2.23. The minimum absolute atomic E-state index is 0.660. The van der Waals surface area contributed by atoms with Gasteiger partial charge in [-0.1, -0.05) is 18.2 Å². The predicted molar refractivity (Wildman–Crippen MR) is 85.3 cm³/mol. The lowest BCUT2D eigenvalue weighted by Crippen LogP contribution is -2.40. The van der Waals surface area contributed by atoms with Gasteiger partial charge in [-0.3, -0.25) is 0 Å². The second-order valence-electron chi connectivity index (χ2n) is 6.59. The van der Waals surface area contributed by atoms with Crippen LogP contribution in [0.3, 0.4) is 0 Å². The number of benzene rings is 1. The molecule has 110 valence electrons. The number of para-hydroxylation sites is 1. The normalized spacial score (nSPS) is 27.1. The molecule has 0 amide bonds. The minimum atomic E-state index is 0.660. The summed E-state index contributed by atoms with van der Waals surface area (Å²) in [4.78, 5) is 5.04. The third-order valence-electron chi connectivity index (χ3n) is 4.95. The van der Waals surface area contributed by atoms with E-state index in [0.29, 0.717) is 6.04 Å². The van der Waals surface area contributed by atoms with Crippen LogP contribution in [0.25, 0.3) is 0 Å². The number of hydrogen-bond acceptors (Lipinski definition) is 3. The fourth-order valence-electron chi connectivity index (χ4n) is 3.67. The standard InChI is InChI=1S/C17H27N3/c1-19-10-9-14(12-19)13-20(2)16-8-7-15-5-3-4-6-17(15)18-11-16/h3-6,14,16,18H,7-13H2,1-2H3. The number of hydrogen-bond donors (Lipinski definition) is 1. The number of rotatable bonds is 3. The van der Waals surface area contributed by atoms with E-state index in [-0.39, 0.29) is 0 Å². The molecule has 1 N–H and O–H groups in total. The maximum absolute atomic E-state index is 3.64. The highest BCUT2D eigenvalue weighted by Gasteiger charge is 2.25. The van der Waals surface area contributed by atoms with E-state index in [1.165, 1.54) is 50.1 Å². The van der Waals surface area contributed by atoms with E-state index in [0.717, 1.165) is 12.5 Å². The highest BCUT2D eigenvalue weighted by molar-refractivity contribution is 5.52. The van der Waals surface area contributed by atoms with Crippen molar-refractivity contribution < 1.29 is 0 Å². The molecule has 0 aliphatic carbocycles. The average molecular weight is 273 g/mol. The van der Waals surface area contributed by atoms with Crippen molar-refractivity contribution in [2.24, 2.45) is 5.92 Å². The minimum Gasteiger partial charge on any atom is -0.383 e. The molecule has 1 aromatic rings. The molecule has 0 saturated carbocycles. The second kappa shape index (κ2) is 6.15. The van der Waals surface area contributed by atoms with Gasteiger partial charge in [0.25, 0.3) is 0 Å². The van der Waals surface area contributed by atoms with Crippen LogP contribution < -0.4 is 5.32 Å². The summed E-state index contributed by atoms with van der Waals surface area (Å²) in [7, 11) is 4.55. The summed E-state index contributed by atoms with van der Waals surface area (Å²) in [5.74, 6) is 0.857. The Labute approximate surface area is 123 Å². The van der Waals surface area contributed by atoms with Crippen LogP contribution in [0.4, 0.5) is 5.69 Å². The molecule has 1 aromatic carbocycles.